The Morgan fingerprint density at radius 1 is 1.10 bits per heavy atom. The monoisotopic (exact) mass is 448 g/mol. The van der Waals surface area contributed by atoms with E-state index in [1.54, 1.807) is 24.4 Å². The second-order valence-corrected chi connectivity index (χ2v) is 7.18. The van der Waals surface area contributed by atoms with Crippen LogP contribution >= 0.6 is 15.9 Å². The van der Waals surface area contributed by atoms with Crippen molar-refractivity contribution in [3.05, 3.63) is 94.2 Å². The highest BCUT2D eigenvalue weighted by Gasteiger charge is 2.04. The van der Waals surface area contributed by atoms with E-state index < -0.39 is 0 Å². The summed E-state index contributed by atoms with van der Waals surface area (Å²) in [6, 6.07) is 22.4. The summed E-state index contributed by atoms with van der Waals surface area (Å²) in [5.74, 6) is 1.22. The fourth-order valence-electron chi connectivity index (χ4n) is 2.74. The molecule has 0 spiro atoms. The van der Waals surface area contributed by atoms with Crippen molar-refractivity contribution in [1.29, 1.82) is 0 Å². The average Bonchev–Trinajstić information content (AvgIpc) is 3.16. The summed E-state index contributed by atoms with van der Waals surface area (Å²) in [7, 11) is 0. The van der Waals surface area contributed by atoms with Crippen molar-refractivity contribution in [2.45, 2.75) is 6.61 Å². The molecule has 2 N–H and O–H groups in total. The first-order valence-electron chi connectivity index (χ1n) is 8.93. The number of imidazole rings is 1. The number of amides is 1. The van der Waals surface area contributed by atoms with Crippen molar-refractivity contribution in [2.75, 3.05) is 0 Å². The lowest BCUT2D eigenvalue weighted by Crippen LogP contribution is -2.17. The number of carbonyl (C=O) groups excluding carboxylic acids is 1. The number of hydrazone groups is 1. The first-order valence-corrected chi connectivity index (χ1v) is 9.72. The number of para-hydroxylation sites is 2. The van der Waals surface area contributed by atoms with Crippen molar-refractivity contribution < 1.29 is 9.53 Å². The maximum Gasteiger partial charge on any atom is 0.271 e. The van der Waals surface area contributed by atoms with Crippen LogP contribution in [-0.4, -0.2) is 22.1 Å². The van der Waals surface area contributed by atoms with Gasteiger partial charge in [-0.25, -0.2) is 10.4 Å². The number of rotatable bonds is 6. The van der Waals surface area contributed by atoms with Gasteiger partial charge < -0.3 is 9.72 Å². The van der Waals surface area contributed by atoms with Crippen LogP contribution in [0.2, 0.25) is 0 Å². The molecule has 1 heterocycles. The summed E-state index contributed by atoms with van der Waals surface area (Å²) in [5.41, 5.74) is 5.80. The van der Waals surface area contributed by atoms with Crippen LogP contribution in [-0.2, 0) is 6.61 Å². The molecule has 0 saturated heterocycles. The van der Waals surface area contributed by atoms with Crippen LogP contribution in [0.25, 0.3) is 11.0 Å². The third-order valence-corrected chi connectivity index (χ3v) is 4.65. The van der Waals surface area contributed by atoms with Crippen LogP contribution in [0.3, 0.4) is 0 Å². The van der Waals surface area contributed by atoms with E-state index in [1.165, 1.54) is 0 Å². The van der Waals surface area contributed by atoms with Crippen molar-refractivity contribution >= 4 is 39.1 Å². The molecule has 0 bridgehead atoms. The molecule has 3 aromatic carbocycles. The Kier molecular flexibility index (Phi) is 5.67. The molecule has 1 aromatic heterocycles. The number of nitrogens with one attached hydrogen (secondary N) is 2. The number of ether oxygens (including phenoxy) is 1. The Bertz CT molecular complexity index is 1140. The summed E-state index contributed by atoms with van der Waals surface area (Å²) in [6.07, 6.45) is 1.58. The molecule has 0 atom stereocenters. The van der Waals surface area contributed by atoms with Crippen molar-refractivity contribution in [1.82, 2.24) is 15.4 Å². The van der Waals surface area contributed by atoms with E-state index in [-0.39, 0.29) is 5.91 Å². The largest absolute Gasteiger partial charge is 0.486 e. The van der Waals surface area contributed by atoms with Crippen molar-refractivity contribution in [2.24, 2.45) is 5.10 Å². The summed E-state index contributed by atoms with van der Waals surface area (Å²) in [6.45, 7) is 0.352. The van der Waals surface area contributed by atoms with Gasteiger partial charge in [0.05, 0.1) is 17.2 Å². The number of fused-ring (bicyclic) bond motifs is 1. The van der Waals surface area contributed by atoms with E-state index in [1.807, 2.05) is 54.6 Å². The minimum Gasteiger partial charge on any atom is -0.486 e. The molecule has 1 amide bonds. The fourth-order valence-corrected chi connectivity index (χ4v) is 3.13. The van der Waals surface area contributed by atoms with Gasteiger partial charge in [0.25, 0.3) is 5.91 Å². The second kappa shape index (κ2) is 8.70. The first-order chi connectivity index (χ1) is 14.2. The molecular weight excluding hydrogens is 432 g/mol. The molecule has 4 aromatic rings. The maximum absolute atomic E-state index is 12.1. The molecule has 0 radical (unpaired) electrons. The predicted molar refractivity (Wildman–Crippen MR) is 116 cm³/mol. The van der Waals surface area contributed by atoms with Crippen molar-refractivity contribution in [3.63, 3.8) is 0 Å². The predicted octanol–water partition coefficient (Wildman–Crippen LogP) is 4.67. The molecule has 0 aliphatic heterocycles. The number of hydrogen-bond donors (Lipinski definition) is 2. The number of nitrogens with zero attached hydrogens (tertiary/aromatic N) is 2. The molecule has 0 saturated carbocycles. The SMILES string of the molecule is O=C(N/N=C\c1ccc(OCc2nc3ccccc3[nH]2)cc1)c1cccc(Br)c1. The minimum atomic E-state index is -0.270. The molecule has 0 fully saturated rings. The Morgan fingerprint density at radius 3 is 2.72 bits per heavy atom. The van der Waals surface area contributed by atoms with Crippen LogP contribution in [0.4, 0.5) is 0 Å². The lowest BCUT2D eigenvalue weighted by molar-refractivity contribution is 0.0955. The maximum atomic E-state index is 12.1. The highest BCUT2D eigenvalue weighted by molar-refractivity contribution is 9.10. The zero-order chi connectivity index (χ0) is 20.1. The van der Waals surface area contributed by atoms with Crippen molar-refractivity contribution in [3.8, 4) is 5.75 Å². The quantitative estimate of drug-likeness (QED) is 0.332. The zero-order valence-electron chi connectivity index (χ0n) is 15.3. The number of carbonyl (C=O) groups is 1. The molecule has 0 unspecified atom stereocenters. The summed E-state index contributed by atoms with van der Waals surface area (Å²) >= 11 is 3.34. The van der Waals surface area contributed by atoms with Gasteiger partial charge in [0.1, 0.15) is 18.2 Å². The number of H-pyrrole nitrogens is 1. The van der Waals surface area contributed by atoms with Gasteiger partial charge in [-0.3, -0.25) is 4.79 Å². The highest BCUT2D eigenvalue weighted by atomic mass is 79.9. The van der Waals surface area contributed by atoms with Gasteiger partial charge in [0, 0.05) is 10.0 Å². The van der Waals surface area contributed by atoms with Crippen LogP contribution in [0, 0.1) is 0 Å². The average molecular weight is 449 g/mol. The smallest absolute Gasteiger partial charge is 0.271 e. The van der Waals surface area contributed by atoms with E-state index in [9.17, 15) is 4.79 Å². The van der Waals surface area contributed by atoms with Crippen LogP contribution in [0.15, 0.2) is 82.4 Å². The summed E-state index contributed by atoms with van der Waals surface area (Å²) in [4.78, 5) is 19.8. The van der Waals surface area contributed by atoms with Crippen LogP contribution < -0.4 is 10.2 Å². The number of benzene rings is 3. The van der Waals surface area contributed by atoms with E-state index in [0.29, 0.717) is 12.2 Å². The fraction of sp³-hybridized carbons (Fsp3) is 0.0455. The highest BCUT2D eigenvalue weighted by Crippen LogP contribution is 2.15. The van der Waals surface area contributed by atoms with Gasteiger partial charge in [0.2, 0.25) is 0 Å². The van der Waals surface area contributed by atoms with Gasteiger partial charge >= 0.3 is 0 Å². The first kappa shape index (κ1) is 18.9. The number of aromatic amines is 1. The molecular formula is C22H17BrN4O2. The third-order valence-electron chi connectivity index (χ3n) is 4.16. The normalized spacial score (nSPS) is 11.1. The van der Waals surface area contributed by atoms with E-state index in [4.69, 9.17) is 4.74 Å². The van der Waals surface area contributed by atoms with E-state index >= 15 is 0 Å². The van der Waals surface area contributed by atoms with Gasteiger partial charge in [-0.15, -0.1) is 0 Å². The lowest BCUT2D eigenvalue weighted by Gasteiger charge is -2.04. The number of hydrogen-bond acceptors (Lipinski definition) is 4. The molecule has 0 aliphatic carbocycles. The standard InChI is InChI=1S/C22H17BrN4O2/c23-17-5-3-4-16(12-17)22(28)27-24-13-15-8-10-18(11-9-15)29-14-21-25-19-6-1-2-7-20(19)26-21/h1-13H,14H2,(H,25,26)(H,27,28)/b24-13-. The van der Waals surface area contributed by atoms with E-state index in [0.717, 1.165) is 32.6 Å². The van der Waals surface area contributed by atoms with Crippen LogP contribution in [0.5, 0.6) is 5.75 Å². The zero-order valence-corrected chi connectivity index (χ0v) is 16.9. The molecule has 7 heteroatoms. The van der Waals surface area contributed by atoms with Gasteiger partial charge in [-0.05, 0) is 60.2 Å². The Morgan fingerprint density at radius 2 is 1.93 bits per heavy atom. The van der Waals surface area contributed by atoms with Gasteiger partial charge in [-0.2, -0.15) is 5.10 Å². The van der Waals surface area contributed by atoms with Crippen LogP contribution in [0.1, 0.15) is 21.7 Å². The molecule has 4 rings (SSSR count). The Labute approximate surface area is 175 Å². The van der Waals surface area contributed by atoms with E-state index in [2.05, 4.69) is 36.4 Å². The Hall–Kier alpha value is -3.45. The minimum absolute atomic E-state index is 0.270. The third kappa shape index (κ3) is 4.89. The summed E-state index contributed by atoms with van der Waals surface area (Å²) in [5, 5.41) is 4.00. The number of halogens is 1. The summed E-state index contributed by atoms with van der Waals surface area (Å²) < 4.78 is 6.62. The molecule has 29 heavy (non-hydrogen) atoms. The van der Waals surface area contributed by atoms with Gasteiger partial charge in [-0.1, -0.05) is 34.1 Å². The lowest BCUT2D eigenvalue weighted by atomic mass is 10.2. The topological polar surface area (TPSA) is 79.4 Å². The number of aromatic nitrogens is 2. The second-order valence-electron chi connectivity index (χ2n) is 6.27. The molecule has 144 valence electrons. The molecule has 0 aliphatic rings. The van der Waals surface area contributed by atoms with Gasteiger partial charge in [0.15, 0.2) is 0 Å². The Balaban J connectivity index is 1.31. The molecule has 6 nitrogen and oxygen atoms in total.